The van der Waals surface area contributed by atoms with E-state index >= 15 is 0 Å². The molecule has 0 radical (unpaired) electrons. The van der Waals surface area contributed by atoms with Crippen molar-refractivity contribution in [2.75, 3.05) is 11.6 Å². The molecule has 0 aliphatic carbocycles. The van der Waals surface area contributed by atoms with Crippen LogP contribution < -0.4 is 5.32 Å². The van der Waals surface area contributed by atoms with Gasteiger partial charge < -0.3 is 5.32 Å². The Balaban J connectivity index is 1.67. The highest BCUT2D eigenvalue weighted by Crippen LogP contribution is 2.32. The van der Waals surface area contributed by atoms with E-state index in [4.69, 9.17) is 0 Å². The number of nitrogens with zero attached hydrogens (tertiary/aromatic N) is 1. The Labute approximate surface area is 159 Å². The monoisotopic (exact) mass is 377 g/mol. The Kier molecular flexibility index (Phi) is 4.64. The number of anilines is 1. The summed E-state index contributed by atoms with van der Waals surface area (Å²) in [5.41, 5.74) is 2.98. The molecule has 27 heavy (non-hydrogen) atoms. The maximum Gasteiger partial charge on any atom is 0.259 e. The van der Waals surface area contributed by atoms with Gasteiger partial charge in [0.15, 0.2) is 5.82 Å². The number of hydrogen-bond donors (Lipinski definition) is 2. The maximum atomic E-state index is 13.8. The van der Waals surface area contributed by atoms with Gasteiger partial charge >= 0.3 is 0 Å². The standard InChI is InChI=1S/C21H16FN3OS/c1-27-19-9-5-3-6-14(19)13-10-11-16-18(12-13)24-25-20(16)23-21(26)15-7-2-4-8-17(15)22/h2-12H,1H3,(H2,23,24,25,26). The molecule has 4 aromatic rings. The highest BCUT2D eigenvalue weighted by molar-refractivity contribution is 7.98. The van der Waals surface area contributed by atoms with Crippen LogP contribution in [-0.4, -0.2) is 22.4 Å². The minimum atomic E-state index is -0.564. The highest BCUT2D eigenvalue weighted by atomic mass is 32.2. The van der Waals surface area contributed by atoms with Crippen LogP contribution >= 0.6 is 11.8 Å². The summed E-state index contributed by atoms with van der Waals surface area (Å²) in [7, 11) is 0. The van der Waals surface area contributed by atoms with Gasteiger partial charge in [-0.2, -0.15) is 5.10 Å². The predicted molar refractivity (Wildman–Crippen MR) is 108 cm³/mol. The molecule has 1 aromatic heterocycles. The second-order valence-electron chi connectivity index (χ2n) is 5.97. The molecule has 6 heteroatoms. The molecule has 4 nitrogen and oxygen atoms in total. The van der Waals surface area contributed by atoms with E-state index in [2.05, 4.69) is 27.6 Å². The third-order valence-corrected chi connectivity index (χ3v) is 5.13. The third-order valence-electron chi connectivity index (χ3n) is 4.33. The summed E-state index contributed by atoms with van der Waals surface area (Å²) in [6.45, 7) is 0. The summed E-state index contributed by atoms with van der Waals surface area (Å²) in [5.74, 6) is -0.716. The zero-order chi connectivity index (χ0) is 18.8. The van der Waals surface area contributed by atoms with Crippen LogP contribution in [0.25, 0.3) is 22.0 Å². The fourth-order valence-electron chi connectivity index (χ4n) is 2.99. The third kappa shape index (κ3) is 3.31. The number of amides is 1. The molecule has 0 aliphatic rings. The lowest BCUT2D eigenvalue weighted by molar-refractivity contribution is 0.102. The molecular formula is C21H16FN3OS. The lowest BCUT2D eigenvalue weighted by atomic mass is 10.0. The van der Waals surface area contributed by atoms with Crippen LogP contribution in [0.15, 0.2) is 71.6 Å². The summed E-state index contributed by atoms with van der Waals surface area (Å²) in [6.07, 6.45) is 2.05. The summed E-state index contributed by atoms with van der Waals surface area (Å²) in [4.78, 5) is 13.5. The molecular weight excluding hydrogens is 361 g/mol. The van der Waals surface area contributed by atoms with Crippen molar-refractivity contribution in [2.45, 2.75) is 4.90 Å². The van der Waals surface area contributed by atoms with Crippen LogP contribution in [0, 0.1) is 5.82 Å². The highest BCUT2D eigenvalue weighted by Gasteiger charge is 2.15. The molecule has 2 N–H and O–H groups in total. The molecule has 0 unspecified atom stereocenters. The number of benzene rings is 3. The second kappa shape index (κ2) is 7.25. The average Bonchev–Trinajstić information content (AvgIpc) is 3.10. The van der Waals surface area contributed by atoms with E-state index in [0.29, 0.717) is 5.82 Å². The number of carbonyl (C=O) groups is 1. The normalized spacial score (nSPS) is 10.9. The van der Waals surface area contributed by atoms with Gasteiger partial charge in [0, 0.05) is 10.3 Å². The quantitative estimate of drug-likeness (QED) is 0.472. The lowest BCUT2D eigenvalue weighted by Gasteiger charge is -2.07. The van der Waals surface area contributed by atoms with Crippen molar-refractivity contribution in [1.29, 1.82) is 0 Å². The summed E-state index contributed by atoms with van der Waals surface area (Å²) in [6, 6.07) is 19.9. The molecule has 0 spiro atoms. The molecule has 0 bridgehead atoms. The van der Waals surface area contributed by atoms with E-state index in [1.54, 1.807) is 23.9 Å². The van der Waals surface area contributed by atoms with Crippen molar-refractivity contribution in [3.63, 3.8) is 0 Å². The first-order chi connectivity index (χ1) is 13.2. The van der Waals surface area contributed by atoms with E-state index in [1.165, 1.54) is 17.0 Å². The van der Waals surface area contributed by atoms with E-state index in [9.17, 15) is 9.18 Å². The molecule has 134 valence electrons. The smallest absolute Gasteiger partial charge is 0.259 e. The van der Waals surface area contributed by atoms with Crippen LogP contribution in [0.3, 0.4) is 0 Å². The molecule has 0 saturated carbocycles. The van der Waals surface area contributed by atoms with Gasteiger partial charge in [-0.15, -0.1) is 11.8 Å². The number of aromatic amines is 1. The Bertz CT molecular complexity index is 1140. The Morgan fingerprint density at radius 2 is 1.85 bits per heavy atom. The van der Waals surface area contributed by atoms with Crippen LogP contribution in [-0.2, 0) is 0 Å². The van der Waals surface area contributed by atoms with Gasteiger partial charge in [0.2, 0.25) is 0 Å². The van der Waals surface area contributed by atoms with Crippen molar-refractivity contribution >= 4 is 34.4 Å². The number of carbonyl (C=O) groups excluding carboxylic acids is 1. The molecule has 0 aliphatic heterocycles. The number of halogens is 1. The molecule has 0 atom stereocenters. The first kappa shape index (κ1) is 17.3. The molecule has 0 saturated heterocycles. The van der Waals surface area contributed by atoms with Gasteiger partial charge in [-0.1, -0.05) is 36.4 Å². The van der Waals surface area contributed by atoms with Crippen LogP contribution in [0.2, 0.25) is 0 Å². The van der Waals surface area contributed by atoms with Gasteiger partial charge in [0.25, 0.3) is 5.91 Å². The van der Waals surface area contributed by atoms with Crippen molar-refractivity contribution < 1.29 is 9.18 Å². The number of aromatic nitrogens is 2. The van der Waals surface area contributed by atoms with Gasteiger partial charge in [-0.05, 0) is 47.7 Å². The summed E-state index contributed by atoms with van der Waals surface area (Å²) in [5, 5.41) is 10.6. The number of nitrogens with one attached hydrogen (secondary N) is 2. The van der Waals surface area contributed by atoms with Crippen LogP contribution in [0.4, 0.5) is 10.2 Å². The van der Waals surface area contributed by atoms with E-state index in [0.717, 1.165) is 22.0 Å². The lowest BCUT2D eigenvalue weighted by Crippen LogP contribution is -2.14. The Hall–Kier alpha value is -3.12. The van der Waals surface area contributed by atoms with E-state index < -0.39 is 11.7 Å². The van der Waals surface area contributed by atoms with Gasteiger partial charge in [0.1, 0.15) is 5.82 Å². The average molecular weight is 377 g/mol. The molecule has 4 rings (SSSR count). The predicted octanol–water partition coefficient (Wildman–Crippen LogP) is 5.34. The molecule has 1 heterocycles. The summed E-state index contributed by atoms with van der Waals surface area (Å²) < 4.78 is 13.8. The van der Waals surface area contributed by atoms with Crippen molar-refractivity contribution in [3.05, 3.63) is 78.1 Å². The van der Waals surface area contributed by atoms with E-state index in [1.807, 2.05) is 36.6 Å². The first-order valence-corrected chi connectivity index (χ1v) is 9.57. The largest absolute Gasteiger partial charge is 0.304 e. The molecule has 3 aromatic carbocycles. The number of fused-ring (bicyclic) bond motifs is 1. The Morgan fingerprint density at radius 1 is 1.07 bits per heavy atom. The number of H-pyrrole nitrogens is 1. The zero-order valence-corrected chi connectivity index (χ0v) is 15.3. The molecule has 0 fully saturated rings. The number of thioether (sulfide) groups is 1. The number of rotatable bonds is 4. The minimum absolute atomic E-state index is 0.0147. The van der Waals surface area contributed by atoms with E-state index in [-0.39, 0.29) is 5.56 Å². The molecule has 1 amide bonds. The van der Waals surface area contributed by atoms with Gasteiger partial charge in [-0.25, -0.2) is 4.39 Å². The second-order valence-corrected chi connectivity index (χ2v) is 6.81. The summed E-state index contributed by atoms with van der Waals surface area (Å²) >= 11 is 1.69. The fourth-order valence-corrected chi connectivity index (χ4v) is 3.61. The van der Waals surface area contributed by atoms with Crippen molar-refractivity contribution in [1.82, 2.24) is 10.2 Å². The van der Waals surface area contributed by atoms with Crippen LogP contribution in [0.1, 0.15) is 10.4 Å². The zero-order valence-electron chi connectivity index (χ0n) is 14.5. The minimum Gasteiger partial charge on any atom is -0.304 e. The Morgan fingerprint density at radius 3 is 2.67 bits per heavy atom. The first-order valence-electron chi connectivity index (χ1n) is 8.35. The fraction of sp³-hybridized carbons (Fsp3) is 0.0476. The number of hydrogen-bond acceptors (Lipinski definition) is 3. The van der Waals surface area contributed by atoms with Gasteiger partial charge in [0.05, 0.1) is 11.1 Å². The van der Waals surface area contributed by atoms with Crippen molar-refractivity contribution in [3.8, 4) is 11.1 Å². The van der Waals surface area contributed by atoms with Crippen molar-refractivity contribution in [2.24, 2.45) is 0 Å². The maximum absolute atomic E-state index is 13.8. The SMILES string of the molecule is CSc1ccccc1-c1ccc2c(NC(=O)c3ccccc3F)n[nH]c2c1. The van der Waals surface area contributed by atoms with Gasteiger partial charge in [-0.3, -0.25) is 9.89 Å². The topological polar surface area (TPSA) is 57.8 Å². The van der Waals surface area contributed by atoms with Crippen LogP contribution in [0.5, 0.6) is 0 Å².